The smallest absolute Gasteiger partial charge is 0.123 e. The van der Waals surface area contributed by atoms with Gasteiger partial charge in [0.05, 0.1) is 23.8 Å². The van der Waals surface area contributed by atoms with E-state index < -0.39 is 0 Å². The number of H-pyrrole nitrogens is 1. The van der Waals surface area contributed by atoms with E-state index in [1.807, 2.05) is 18.3 Å². The Bertz CT molecular complexity index is 1040. The summed E-state index contributed by atoms with van der Waals surface area (Å²) in [7, 11) is 0. The minimum Gasteiger partial charge on any atom is -0.381 e. The zero-order valence-electron chi connectivity index (χ0n) is 13.7. The summed E-state index contributed by atoms with van der Waals surface area (Å²) in [6, 6.07) is 13.2. The van der Waals surface area contributed by atoms with Gasteiger partial charge in [-0.3, -0.25) is 5.10 Å². The van der Waals surface area contributed by atoms with Crippen molar-refractivity contribution in [1.82, 2.24) is 14.8 Å². The van der Waals surface area contributed by atoms with Crippen LogP contribution in [0.15, 0.2) is 48.7 Å². The van der Waals surface area contributed by atoms with E-state index in [0.29, 0.717) is 5.92 Å². The van der Waals surface area contributed by atoms with Crippen LogP contribution in [0.1, 0.15) is 24.5 Å². The Morgan fingerprint density at radius 1 is 1.12 bits per heavy atom. The second-order valence-electron chi connectivity index (χ2n) is 6.66. The number of halogens is 1. The standard InChI is InChI=1S/C20H18FN3O/c21-16-3-5-17(6-4-16)24-19(13-2-1-7-25-12-13)9-14-8-18-15(10-20(14)24)11-22-23-18/h3-6,8-11,13H,1-2,7,12H2,(H,22,23). The van der Waals surface area contributed by atoms with Crippen molar-refractivity contribution in [2.75, 3.05) is 13.2 Å². The topological polar surface area (TPSA) is 42.8 Å². The zero-order valence-corrected chi connectivity index (χ0v) is 13.7. The van der Waals surface area contributed by atoms with Crippen LogP contribution < -0.4 is 0 Å². The summed E-state index contributed by atoms with van der Waals surface area (Å²) >= 11 is 0. The molecule has 1 unspecified atom stereocenters. The molecule has 0 bridgehead atoms. The molecule has 3 heterocycles. The van der Waals surface area contributed by atoms with Crippen LogP contribution in [0.3, 0.4) is 0 Å². The number of hydrogen-bond acceptors (Lipinski definition) is 2. The van der Waals surface area contributed by atoms with E-state index in [4.69, 9.17) is 4.74 Å². The highest BCUT2D eigenvalue weighted by Crippen LogP contribution is 2.34. The molecule has 0 amide bonds. The van der Waals surface area contributed by atoms with Crippen molar-refractivity contribution in [2.24, 2.45) is 0 Å². The quantitative estimate of drug-likeness (QED) is 0.584. The van der Waals surface area contributed by atoms with E-state index in [2.05, 4.69) is 33.0 Å². The van der Waals surface area contributed by atoms with Crippen LogP contribution in [0, 0.1) is 5.82 Å². The Labute approximate surface area is 144 Å². The van der Waals surface area contributed by atoms with Crippen molar-refractivity contribution < 1.29 is 9.13 Å². The van der Waals surface area contributed by atoms with Crippen LogP contribution in [0.25, 0.3) is 27.5 Å². The Kier molecular flexibility index (Phi) is 3.35. The van der Waals surface area contributed by atoms with E-state index in [0.717, 1.165) is 53.5 Å². The number of hydrogen-bond donors (Lipinski definition) is 1. The lowest BCUT2D eigenvalue weighted by Gasteiger charge is -2.24. The van der Waals surface area contributed by atoms with E-state index in [1.54, 1.807) is 0 Å². The van der Waals surface area contributed by atoms with Crippen LogP contribution in [0.5, 0.6) is 0 Å². The lowest BCUT2D eigenvalue weighted by Crippen LogP contribution is -2.18. The van der Waals surface area contributed by atoms with Gasteiger partial charge in [-0.15, -0.1) is 0 Å². The zero-order chi connectivity index (χ0) is 16.8. The first-order chi connectivity index (χ1) is 12.3. The predicted molar refractivity (Wildman–Crippen MR) is 95.7 cm³/mol. The van der Waals surface area contributed by atoms with Gasteiger partial charge in [-0.1, -0.05) is 0 Å². The molecule has 5 heteroatoms. The monoisotopic (exact) mass is 335 g/mol. The summed E-state index contributed by atoms with van der Waals surface area (Å²) in [5.74, 6) is 0.127. The van der Waals surface area contributed by atoms with E-state index >= 15 is 0 Å². The molecule has 4 aromatic rings. The normalized spacial score (nSPS) is 18.2. The third-order valence-corrected chi connectivity index (χ3v) is 5.05. The molecule has 1 fully saturated rings. The molecular weight excluding hydrogens is 317 g/mol. The third-order valence-electron chi connectivity index (χ3n) is 5.05. The van der Waals surface area contributed by atoms with Gasteiger partial charge in [-0.05, 0) is 55.3 Å². The molecule has 1 aliphatic heterocycles. The maximum absolute atomic E-state index is 13.4. The van der Waals surface area contributed by atoms with Crippen molar-refractivity contribution >= 4 is 21.8 Å². The van der Waals surface area contributed by atoms with Gasteiger partial charge < -0.3 is 9.30 Å². The fourth-order valence-corrected chi connectivity index (χ4v) is 3.82. The van der Waals surface area contributed by atoms with Crippen molar-refractivity contribution in [1.29, 1.82) is 0 Å². The molecule has 2 aromatic carbocycles. The summed E-state index contributed by atoms with van der Waals surface area (Å²) in [6.45, 7) is 1.57. The Morgan fingerprint density at radius 2 is 2.00 bits per heavy atom. The Balaban J connectivity index is 1.78. The summed E-state index contributed by atoms with van der Waals surface area (Å²) in [5.41, 5.74) is 4.33. The van der Waals surface area contributed by atoms with Gasteiger partial charge in [-0.25, -0.2) is 4.39 Å². The molecule has 1 atom stereocenters. The number of rotatable bonds is 2. The molecule has 0 aliphatic carbocycles. The van der Waals surface area contributed by atoms with Crippen LogP contribution in [0.2, 0.25) is 0 Å². The van der Waals surface area contributed by atoms with E-state index in [9.17, 15) is 4.39 Å². The van der Waals surface area contributed by atoms with Crippen molar-refractivity contribution in [3.8, 4) is 5.69 Å². The van der Waals surface area contributed by atoms with Gasteiger partial charge in [0.15, 0.2) is 0 Å². The van der Waals surface area contributed by atoms with Crippen molar-refractivity contribution in [3.63, 3.8) is 0 Å². The number of ether oxygens (including phenoxy) is 1. The van der Waals surface area contributed by atoms with Gasteiger partial charge >= 0.3 is 0 Å². The first-order valence-corrected chi connectivity index (χ1v) is 8.62. The van der Waals surface area contributed by atoms with Gasteiger partial charge in [-0.2, -0.15) is 5.10 Å². The number of nitrogens with one attached hydrogen (secondary N) is 1. The summed E-state index contributed by atoms with van der Waals surface area (Å²) in [6.07, 6.45) is 4.01. The van der Waals surface area contributed by atoms with Gasteiger partial charge in [0, 0.05) is 34.7 Å². The maximum atomic E-state index is 13.4. The molecule has 2 aromatic heterocycles. The first-order valence-electron chi connectivity index (χ1n) is 8.62. The molecule has 1 saturated heterocycles. The van der Waals surface area contributed by atoms with Crippen molar-refractivity contribution in [2.45, 2.75) is 18.8 Å². The Hall–Kier alpha value is -2.66. The molecular formula is C20H18FN3O. The summed E-state index contributed by atoms with van der Waals surface area (Å²) < 4.78 is 21.4. The number of aromatic nitrogens is 3. The largest absolute Gasteiger partial charge is 0.381 e. The minimum absolute atomic E-state index is 0.222. The molecule has 126 valence electrons. The fraction of sp³-hybridized carbons (Fsp3) is 0.250. The van der Waals surface area contributed by atoms with E-state index in [-0.39, 0.29) is 5.82 Å². The lowest BCUT2D eigenvalue weighted by molar-refractivity contribution is 0.0790. The minimum atomic E-state index is -0.222. The van der Waals surface area contributed by atoms with Gasteiger partial charge in [0.1, 0.15) is 5.82 Å². The molecule has 1 aliphatic rings. The maximum Gasteiger partial charge on any atom is 0.123 e. The van der Waals surface area contributed by atoms with Crippen molar-refractivity contribution in [3.05, 3.63) is 60.2 Å². The average molecular weight is 335 g/mol. The molecule has 25 heavy (non-hydrogen) atoms. The highest BCUT2D eigenvalue weighted by molar-refractivity contribution is 5.96. The average Bonchev–Trinajstić information content (AvgIpc) is 3.25. The molecule has 5 rings (SSSR count). The molecule has 0 radical (unpaired) electrons. The van der Waals surface area contributed by atoms with Gasteiger partial charge in [0.25, 0.3) is 0 Å². The van der Waals surface area contributed by atoms with Crippen LogP contribution in [0.4, 0.5) is 4.39 Å². The molecule has 4 nitrogen and oxygen atoms in total. The van der Waals surface area contributed by atoms with Crippen LogP contribution in [-0.4, -0.2) is 28.0 Å². The highest BCUT2D eigenvalue weighted by atomic mass is 19.1. The molecule has 0 saturated carbocycles. The second kappa shape index (κ2) is 5.70. The van der Waals surface area contributed by atoms with Gasteiger partial charge in [0.2, 0.25) is 0 Å². The Morgan fingerprint density at radius 3 is 2.80 bits per heavy atom. The highest BCUT2D eigenvalue weighted by Gasteiger charge is 2.22. The number of fused-ring (bicyclic) bond motifs is 2. The first kappa shape index (κ1) is 14.7. The SMILES string of the molecule is Fc1ccc(-n2c(C3CCCOC3)cc3cc4[nH]ncc4cc32)cc1. The number of nitrogens with zero attached hydrogens (tertiary/aromatic N) is 2. The number of benzene rings is 2. The number of aromatic amines is 1. The summed E-state index contributed by atoms with van der Waals surface area (Å²) in [4.78, 5) is 0. The third kappa shape index (κ3) is 2.43. The fourth-order valence-electron chi connectivity index (χ4n) is 3.82. The lowest BCUT2D eigenvalue weighted by atomic mass is 9.98. The molecule has 0 spiro atoms. The summed E-state index contributed by atoms with van der Waals surface area (Å²) in [5, 5.41) is 9.38. The predicted octanol–water partition coefficient (Wildman–Crippen LogP) is 4.54. The molecule has 1 N–H and O–H groups in total. The second-order valence-corrected chi connectivity index (χ2v) is 6.66. The van der Waals surface area contributed by atoms with E-state index in [1.165, 1.54) is 17.8 Å². The van der Waals surface area contributed by atoms with Crippen LogP contribution >= 0.6 is 0 Å². The van der Waals surface area contributed by atoms with Crippen LogP contribution in [-0.2, 0) is 4.74 Å².